The molecule has 4 nitrogen and oxygen atoms in total. The normalized spacial score (nSPS) is 12.4. The molecule has 0 aliphatic rings. The van der Waals surface area contributed by atoms with E-state index in [0.717, 1.165) is 22.9 Å². The summed E-state index contributed by atoms with van der Waals surface area (Å²) in [5.41, 5.74) is 10.4. The summed E-state index contributed by atoms with van der Waals surface area (Å²) in [7, 11) is 0. The van der Waals surface area contributed by atoms with Gasteiger partial charge in [-0.2, -0.15) is 0 Å². The fraction of sp³-hybridized carbons (Fsp3) is 0.536. The van der Waals surface area contributed by atoms with E-state index in [2.05, 4.69) is 32.9 Å². The first-order valence-electron chi connectivity index (χ1n) is 12.8. The number of hydrogen-bond acceptors (Lipinski definition) is 2. The first-order chi connectivity index (χ1) is 17.2. The molecule has 0 spiro atoms. The van der Waals surface area contributed by atoms with Crippen LogP contribution in [0.3, 0.4) is 0 Å². The Bertz CT molecular complexity index is 920. The highest BCUT2D eigenvalue weighted by molar-refractivity contribution is 9.10. The molecule has 0 heterocycles. The summed E-state index contributed by atoms with van der Waals surface area (Å²) in [4.78, 5) is 12.5. The minimum absolute atomic E-state index is 0.124. The smallest absolute Gasteiger partial charge is 0.406 e. The molecule has 0 saturated carbocycles. The van der Waals surface area contributed by atoms with Crippen molar-refractivity contribution in [3.05, 3.63) is 63.6 Å². The van der Waals surface area contributed by atoms with Crippen LogP contribution < -0.4 is 15.8 Å². The van der Waals surface area contributed by atoms with E-state index in [4.69, 9.17) is 5.73 Å². The fourth-order valence-corrected chi connectivity index (χ4v) is 4.55. The van der Waals surface area contributed by atoms with Gasteiger partial charge in [-0.3, -0.25) is 4.79 Å². The molecule has 0 fully saturated rings. The van der Waals surface area contributed by atoms with Gasteiger partial charge in [-0.05, 0) is 48.2 Å². The standard InChI is InChI=1S/C28H37BrF3N2O2/c1-2-3-4-5-6-7-8-9-10-11-18-34-27(35)23-13-12-22(25(29)19-23)20-26(33)21-14-16-24(17-15-21)36-28(30,31)32/h12-17,19,26,33H,2-11,18,20H2,1H3,(H,34,35). The third kappa shape index (κ3) is 11.8. The number of unbranched alkanes of at least 4 members (excludes halogenated alkanes) is 9. The molecule has 2 N–H and O–H groups in total. The van der Waals surface area contributed by atoms with Crippen LogP contribution in [0.15, 0.2) is 46.9 Å². The summed E-state index contributed by atoms with van der Waals surface area (Å²) in [6.45, 7) is 2.88. The van der Waals surface area contributed by atoms with Gasteiger partial charge in [0, 0.05) is 16.6 Å². The number of nitrogens with one attached hydrogen (secondary N) is 2. The van der Waals surface area contributed by atoms with Gasteiger partial charge >= 0.3 is 6.36 Å². The van der Waals surface area contributed by atoms with Crippen LogP contribution in [0.2, 0.25) is 0 Å². The third-order valence-electron chi connectivity index (χ3n) is 6.07. The van der Waals surface area contributed by atoms with Crippen molar-refractivity contribution in [1.29, 1.82) is 0 Å². The zero-order valence-electron chi connectivity index (χ0n) is 20.9. The van der Waals surface area contributed by atoms with Gasteiger partial charge in [0.05, 0.1) is 6.04 Å². The lowest BCUT2D eigenvalue weighted by molar-refractivity contribution is -0.274. The lowest BCUT2D eigenvalue weighted by Crippen LogP contribution is -2.24. The maximum Gasteiger partial charge on any atom is 0.573 e. The second-order valence-corrected chi connectivity index (χ2v) is 9.97. The van der Waals surface area contributed by atoms with Gasteiger partial charge in [0.1, 0.15) is 5.75 Å². The zero-order valence-corrected chi connectivity index (χ0v) is 22.5. The molecule has 8 heteroatoms. The van der Waals surface area contributed by atoms with Gasteiger partial charge in [-0.1, -0.05) is 98.8 Å². The van der Waals surface area contributed by atoms with Crippen molar-refractivity contribution >= 4 is 21.8 Å². The molecule has 0 aliphatic heterocycles. The quantitative estimate of drug-likeness (QED) is 0.206. The van der Waals surface area contributed by atoms with Gasteiger partial charge in [-0.25, -0.2) is 5.73 Å². The second kappa shape index (κ2) is 15.9. The fourth-order valence-electron chi connectivity index (χ4n) is 4.01. The zero-order chi connectivity index (χ0) is 26.4. The number of carbonyl (C=O) groups is 1. The Morgan fingerprint density at radius 3 is 2.08 bits per heavy atom. The Hall–Kier alpha value is -2.06. The predicted octanol–water partition coefficient (Wildman–Crippen LogP) is 8.57. The van der Waals surface area contributed by atoms with Gasteiger partial charge in [0.2, 0.25) is 0 Å². The summed E-state index contributed by atoms with van der Waals surface area (Å²) >= 11 is 3.49. The van der Waals surface area contributed by atoms with Gasteiger partial charge < -0.3 is 10.1 Å². The highest BCUT2D eigenvalue weighted by Crippen LogP contribution is 2.27. The van der Waals surface area contributed by atoms with Crippen molar-refractivity contribution in [1.82, 2.24) is 11.1 Å². The van der Waals surface area contributed by atoms with E-state index in [0.29, 0.717) is 24.1 Å². The monoisotopic (exact) mass is 569 g/mol. The lowest BCUT2D eigenvalue weighted by atomic mass is 9.98. The van der Waals surface area contributed by atoms with Crippen molar-refractivity contribution in [3.63, 3.8) is 0 Å². The average molecular weight is 571 g/mol. The minimum Gasteiger partial charge on any atom is -0.406 e. The topological polar surface area (TPSA) is 62.1 Å². The van der Waals surface area contributed by atoms with E-state index in [1.165, 1.54) is 75.6 Å². The average Bonchev–Trinajstić information content (AvgIpc) is 2.83. The van der Waals surface area contributed by atoms with Gasteiger partial charge in [0.25, 0.3) is 5.91 Å². The van der Waals surface area contributed by atoms with Crippen LogP contribution in [0.5, 0.6) is 5.75 Å². The van der Waals surface area contributed by atoms with Gasteiger partial charge in [0.15, 0.2) is 0 Å². The minimum atomic E-state index is -4.74. The van der Waals surface area contributed by atoms with Crippen molar-refractivity contribution in [2.75, 3.05) is 6.54 Å². The van der Waals surface area contributed by atoms with E-state index < -0.39 is 12.4 Å². The molecule has 1 unspecified atom stereocenters. The van der Waals surface area contributed by atoms with E-state index >= 15 is 0 Å². The van der Waals surface area contributed by atoms with E-state index in [-0.39, 0.29) is 11.7 Å². The van der Waals surface area contributed by atoms with Crippen LogP contribution >= 0.6 is 15.9 Å². The molecule has 0 bridgehead atoms. The number of alkyl halides is 3. The maximum absolute atomic E-state index is 12.5. The molecule has 36 heavy (non-hydrogen) atoms. The molecule has 0 saturated heterocycles. The molecular weight excluding hydrogens is 533 g/mol. The molecule has 2 aromatic carbocycles. The Morgan fingerprint density at radius 1 is 0.944 bits per heavy atom. The van der Waals surface area contributed by atoms with Crippen molar-refractivity contribution in [3.8, 4) is 5.75 Å². The predicted molar refractivity (Wildman–Crippen MR) is 141 cm³/mol. The Kier molecular flexibility index (Phi) is 13.3. The summed E-state index contributed by atoms with van der Waals surface area (Å²) < 4.78 is 41.5. The molecule has 2 aromatic rings. The Balaban J connectivity index is 1.72. The van der Waals surface area contributed by atoms with E-state index in [1.54, 1.807) is 12.1 Å². The van der Waals surface area contributed by atoms with Crippen molar-refractivity contribution in [2.24, 2.45) is 0 Å². The highest BCUT2D eigenvalue weighted by atomic mass is 79.9. The molecule has 2 rings (SSSR count). The molecule has 1 amide bonds. The molecule has 1 atom stereocenters. The van der Waals surface area contributed by atoms with E-state index in [9.17, 15) is 18.0 Å². The second-order valence-electron chi connectivity index (χ2n) is 9.12. The number of amides is 1. The largest absolute Gasteiger partial charge is 0.573 e. The summed E-state index contributed by atoms with van der Waals surface area (Å²) in [5, 5.41) is 2.97. The van der Waals surface area contributed by atoms with Crippen LogP contribution in [-0.4, -0.2) is 18.8 Å². The van der Waals surface area contributed by atoms with Crippen LogP contribution in [0.1, 0.15) is 98.7 Å². The van der Waals surface area contributed by atoms with Gasteiger partial charge in [-0.15, -0.1) is 13.2 Å². The summed E-state index contributed by atoms with van der Waals surface area (Å²) in [6.07, 6.45) is 8.09. The first-order valence-corrected chi connectivity index (χ1v) is 13.6. The number of carbonyl (C=O) groups excluding carboxylic acids is 1. The van der Waals surface area contributed by atoms with Crippen molar-refractivity contribution < 1.29 is 22.7 Å². The first kappa shape index (κ1) is 30.2. The Labute approximate surface area is 221 Å². The summed E-state index contributed by atoms with van der Waals surface area (Å²) in [5.74, 6) is -0.436. The molecule has 0 aliphatic carbocycles. The van der Waals surface area contributed by atoms with Crippen LogP contribution in [0.4, 0.5) is 13.2 Å². The number of hydrogen-bond donors (Lipinski definition) is 1. The van der Waals surface area contributed by atoms with Crippen molar-refractivity contribution in [2.45, 2.75) is 90.0 Å². The molecule has 1 radical (unpaired) electrons. The van der Waals surface area contributed by atoms with Crippen LogP contribution in [-0.2, 0) is 6.42 Å². The van der Waals surface area contributed by atoms with Crippen LogP contribution in [0.25, 0.3) is 0 Å². The maximum atomic E-state index is 12.5. The number of benzene rings is 2. The number of ether oxygens (including phenoxy) is 1. The lowest BCUT2D eigenvalue weighted by Gasteiger charge is -2.15. The number of halogens is 4. The van der Waals surface area contributed by atoms with E-state index in [1.807, 2.05) is 6.07 Å². The third-order valence-corrected chi connectivity index (χ3v) is 6.81. The van der Waals surface area contributed by atoms with Crippen LogP contribution in [0, 0.1) is 0 Å². The molecule has 199 valence electrons. The molecular formula is C28H37BrF3N2O2. The summed E-state index contributed by atoms with van der Waals surface area (Å²) in [6, 6.07) is 9.96. The number of rotatable bonds is 16. The highest BCUT2D eigenvalue weighted by Gasteiger charge is 2.31. The molecule has 0 aromatic heterocycles. The Morgan fingerprint density at radius 2 is 1.53 bits per heavy atom. The SMILES string of the molecule is CCCCCCCCCCCCNC(=O)c1ccc(CC([NH])c2ccc(OC(F)(F)F)cc2)c(Br)c1.